The fourth-order valence-corrected chi connectivity index (χ4v) is 1.91. The Morgan fingerprint density at radius 3 is 2.67 bits per heavy atom. The molecule has 0 aromatic heterocycles. The van der Waals surface area contributed by atoms with E-state index in [1.165, 1.54) is 5.56 Å². The van der Waals surface area contributed by atoms with E-state index in [-0.39, 0.29) is 0 Å². The summed E-state index contributed by atoms with van der Waals surface area (Å²) in [6.45, 7) is 2.41. The molecule has 18 heavy (non-hydrogen) atoms. The average molecular weight is 331 g/mol. The zero-order chi connectivity index (χ0) is 13.4. The van der Waals surface area contributed by atoms with Gasteiger partial charge in [-0.2, -0.15) is 0 Å². The molecule has 1 rings (SSSR count). The van der Waals surface area contributed by atoms with Crippen LogP contribution < -0.4 is 5.32 Å². The lowest BCUT2D eigenvalue weighted by atomic mass is 10.2. The molecule has 0 heterocycles. The van der Waals surface area contributed by atoms with Gasteiger partial charge in [0.2, 0.25) is 0 Å². The molecule has 0 aliphatic heterocycles. The first-order valence-electron chi connectivity index (χ1n) is 5.86. The Labute approximate surface area is 123 Å². The van der Waals surface area contributed by atoms with Gasteiger partial charge < -0.3 is 15.0 Å². The van der Waals surface area contributed by atoms with Crippen LogP contribution in [0.2, 0.25) is 0 Å². The fourth-order valence-electron chi connectivity index (χ4n) is 1.48. The van der Waals surface area contributed by atoms with Crippen molar-refractivity contribution in [1.29, 1.82) is 0 Å². The predicted molar refractivity (Wildman–Crippen MR) is 82.7 cm³/mol. The van der Waals surface area contributed by atoms with E-state index in [0.29, 0.717) is 0 Å². The van der Waals surface area contributed by atoms with Gasteiger partial charge in [-0.3, -0.25) is 0 Å². The number of hydrogen-bond donors (Lipinski definition) is 1. The molecule has 0 saturated heterocycles. The van der Waals surface area contributed by atoms with Gasteiger partial charge in [-0.25, -0.2) is 0 Å². The Bertz CT molecular complexity index is 370. The Kier molecular flexibility index (Phi) is 7.23. The van der Waals surface area contributed by atoms with Crippen LogP contribution in [-0.4, -0.2) is 37.3 Å². The maximum absolute atomic E-state index is 5.32. The molecule has 1 aromatic rings. The van der Waals surface area contributed by atoms with E-state index in [1.54, 1.807) is 7.11 Å². The molecule has 100 valence electrons. The topological polar surface area (TPSA) is 24.5 Å². The summed E-state index contributed by atoms with van der Waals surface area (Å²) in [6.07, 6.45) is 0.961. The number of nitrogens with one attached hydrogen (secondary N) is 1. The summed E-state index contributed by atoms with van der Waals surface area (Å²) >= 11 is 8.74. The molecule has 0 aliphatic rings. The highest BCUT2D eigenvalue weighted by Gasteiger charge is 2.04. The first-order chi connectivity index (χ1) is 8.63. The van der Waals surface area contributed by atoms with Gasteiger partial charge >= 0.3 is 0 Å². The van der Waals surface area contributed by atoms with Crippen molar-refractivity contribution in [2.75, 3.05) is 27.3 Å². The van der Waals surface area contributed by atoms with Crippen molar-refractivity contribution < 1.29 is 4.74 Å². The molecule has 1 N–H and O–H groups in total. The average Bonchev–Trinajstić information content (AvgIpc) is 2.37. The summed E-state index contributed by atoms with van der Waals surface area (Å²) in [5.74, 6) is 0. The highest BCUT2D eigenvalue weighted by atomic mass is 79.9. The predicted octanol–water partition coefficient (Wildman–Crippen LogP) is 2.79. The van der Waals surface area contributed by atoms with Gasteiger partial charge in [-0.15, -0.1) is 0 Å². The first kappa shape index (κ1) is 15.4. The minimum atomic E-state index is 0.756. The molecule has 5 heteroatoms. The number of benzene rings is 1. The van der Waals surface area contributed by atoms with Crippen LogP contribution in [0.3, 0.4) is 0 Å². The van der Waals surface area contributed by atoms with Crippen molar-refractivity contribution in [1.82, 2.24) is 10.2 Å². The van der Waals surface area contributed by atoms with E-state index in [2.05, 4.69) is 33.4 Å². The molecule has 0 fully saturated rings. The number of rotatable bonds is 6. The molecule has 0 unspecified atom stereocenters. The minimum absolute atomic E-state index is 0.756. The number of nitrogens with zero attached hydrogens (tertiary/aromatic N) is 1. The SMILES string of the molecule is COCCCNC(=S)N(C)Cc1ccc(Br)cc1. The van der Waals surface area contributed by atoms with Crippen LogP contribution in [0, 0.1) is 0 Å². The molecular formula is C13H19BrN2OS. The van der Waals surface area contributed by atoms with Crippen LogP contribution >= 0.6 is 28.1 Å². The van der Waals surface area contributed by atoms with Gasteiger partial charge in [0.05, 0.1) is 0 Å². The second-order valence-electron chi connectivity index (χ2n) is 4.06. The maximum atomic E-state index is 5.32. The molecule has 3 nitrogen and oxygen atoms in total. The van der Waals surface area contributed by atoms with Gasteiger partial charge in [0, 0.05) is 38.3 Å². The zero-order valence-corrected chi connectivity index (χ0v) is 13.2. The van der Waals surface area contributed by atoms with E-state index < -0.39 is 0 Å². The Hall–Kier alpha value is -0.650. The van der Waals surface area contributed by atoms with Crippen LogP contribution in [0.15, 0.2) is 28.7 Å². The lowest BCUT2D eigenvalue weighted by Crippen LogP contribution is -2.37. The molecular weight excluding hydrogens is 312 g/mol. The third-order valence-electron chi connectivity index (χ3n) is 2.48. The number of thiocarbonyl (C=S) groups is 1. The maximum Gasteiger partial charge on any atom is 0.168 e. The lowest BCUT2D eigenvalue weighted by molar-refractivity contribution is 0.195. The normalized spacial score (nSPS) is 10.2. The van der Waals surface area contributed by atoms with Crippen molar-refractivity contribution in [2.45, 2.75) is 13.0 Å². The van der Waals surface area contributed by atoms with Gasteiger partial charge in [-0.05, 0) is 36.3 Å². The summed E-state index contributed by atoms with van der Waals surface area (Å²) in [6, 6.07) is 8.26. The summed E-state index contributed by atoms with van der Waals surface area (Å²) in [4.78, 5) is 2.03. The number of ether oxygens (including phenoxy) is 1. The van der Waals surface area contributed by atoms with Crippen LogP contribution in [0.1, 0.15) is 12.0 Å². The minimum Gasteiger partial charge on any atom is -0.385 e. The Balaban J connectivity index is 2.33. The molecule has 0 aliphatic carbocycles. The second-order valence-corrected chi connectivity index (χ2v) is 5.36. The van der Waals surface area contributed by atoms with E-state index in [1.807, 2.05) is 24.1 Å². The highest BCUT2D eigenvalue weighted by molar-refractivity contribution is 9.10. The van der Waals surface area contributed by atoms with Crippen molar-refractivity contribution in [3.8, 4) is 0 Å². The smallest absolute Gasteiger partial charge is 0.168 e. The van der Waals surface area contributed by atoms with Crippen LogP contribution in [0.25, 0.3) is 0 Å². The number of hydrogen-bond acceptors (Lipinski definition) is 2. The molecule has 0 atom stereocenters. The molecule has 0 amide bonds. The number of halogens is 1. The molecule has 0 spiro atoms. The summed E-state index contributed by atoms with van der Waals surface area (Å²) < 4.78 is 6.08. The molecule has 0 saturated carbocycles. The monoisotopic (exact) mass is 330 g/mol. The quantitative estimate of drug-likeness (QED) is 0.640. The van der Waals surface area contributed by atoms with Gasteiger partial charge in [0.1, 0.15) is 0 Å². The molecule has 1 aromatic carbocycles. The van der Waals surface area contributed by atoms with Crippen molar-refractivity contribution in [3.05, 3.63) is 34.3 Å². The van der Waals surface area contributed by atoms with Crippen LogP contribution in [0.5, 0.6) is 0 Å². The fraction of sp³-hybridized carbons (Fsp3) is 0.462. The van der Waals surface area contributed by atoms with E-state index in [0.717, 1.165) is 35.7 Å². The van der Waals surface area contributed by atoms with Crippen LogP contribution in [-0.2, 0) is 11.3 Å². The highest BCUT2D eigenvalue weighted by Crippen LogP contribution is 2.11. The van der Waals surface area contributed by atoms with E-state index >= 15 is 0 Å². The van der Waals surface area contributed by atoms with Crippen molar-refractivity contribution in [2.24, 2.45) is 0 Å². The first-order valence-corrected chi connectivity index (χ1v) is 7.06. The van der Waals surface area contributed by atoms with Gasteiger partial charge in [0.25, 0.3) is 0 Å². The Morgan fingerprint density at radius 2 is 2.06 bits per heavy atom. The summed E-state index contributed by atoms with van der Waals surface area (Å²) in [7, 11) is 3.70. The third kappa shape index (κ3) is 5.80. The molecule has 0 radical (unpaired) electrons. The van der Waals surface area contributed by atoms with E-state index in [9.17, 15) is 0 Å². The standard InChI is InChI=1S/C13H19BrN2OS/c1-16(13(18)15-8-3-9-17-2)10-11-4-6-12(14)7-5-11/h4-7H,3,8-10H2,1-2H3,(H,15,18). The lowest BCUT2D eigenvalue weighted by Gasteiger charge is -2.21. The largest absolute Gasteiger partial charge is 0.385 e. The third-order valence-corrected chi connectivity index (χ3v) is 3.47. The van der Waals surface area contributed by atoms with Crippen molar-refractivity contribution >= 4 is 33.3 Å². The second kappa shape index (κ2) is 8.45. The van der Waals surface area contributed by atoms with E-state index in [4.69, 9.17) is 17.0 Å². The van der Waals surface area contributed by atoms with Gasteiger partial charge in [-0.1, -0.05) is 28.1 Å². The Morgan fingerprint density at radius 1 is 1.39 bits per heavy atom. The van der Waals surface area contributed by atoms with Crippen LogP contribution in [0.4, 0.5) is 0 Å². The zero-order valence-electron chi connectivity index (χ0n) is 10.8. The van der Waals surface area contributed by atoms with Gasteiger partial charge in [0.15, 0.2) is 5.11 Å². The molecule has 0 bridgehead atoms. The van der Waals surface area contributed by atoms with Crippen molar-refractivity contribution in [3.63, 3.8) is 0 Å². The summed E-state index contributed by atoms with van der Waals surface area (Å²) in [5.41, 5.74) is 1.24. The summed E-state index contributed by atoms with van der Waals surface area (Å²) in [5, 5.41) is 3.99. The number of methoxy groups -OCH3 is 1.